The molecule has 0 aliphatic carbocycles. The van der Waals surface area contributed by atoms with Crippen LogP contribution in [0.3, 0.4) is 0 Å². The number of hydrogen-bond acceptors (Lipinski definition) is 5. The van der Waals surface area contributed by atoms with Crippen LogP contribution < -0.4 is 4.74 Å². The number of likely N-dealkylation sites (tertiary alicyclic amines) is 1. The third kappa shape index (κ3) is 5.32. The molecule has 1 aromatic heterocycles. The summed E-state index contributed by atoms with van der Waals surface area (Å²) >= 11 is 0. The lowest BCUT2D eigenvalue weighted by molar-refractivity contribution is -0.134. The van der Waals surface area contributed by atoms with Crippen LogP contribution in [0.2, 0.25) is 0 Å². The number of ether oxygens (including phenoxy) is 1. The van der Waals surface area contributed by atoms with Gasteiger partial charge in [0.1, 0.15) is 24.8 Å². The molecule has 1 fully saturated rings. The fourth-order valence-electron chi connectivity index (χ4n) is 3.61. The van der Waals surface area contributed by atoms with Crippen molar-refractivity contribution >= 4 is 5.91 Å². The van der Waals surface area contributed by atoms with Crippen molar-refractivity contribution in [3.8, 4) is 5.75 Å². The first-order chi connectivity index (χ1) is 13.7. The van der Waals surface area contributed by atoms with Crippen molar-refractivity contribution in [3.05, 3.63) is 42.0 Å². The molecule has 1 atom stereocenters. The zero-order chi connectivity index (χ0) is 19.8. The van der Waals surface area contributed by atoms with Crippen molar-refractivity contribution in [2.24, 2.45) is 0 Å². The largest absolute Gasteiger partial charge is 0.486 e. The second-order valence-electron chi connectivity index (χ2n) is 7.23. The number of nitrogens with zero attached hydrogens (tertiary/aromatic N) is 4. The molecule has 1 aromatic carbocycles. The van der Waals surface area contributed by atoms with Crippen LogP contribution in [0.1, 0.15) is 56.6 Å². The summed E-state index contributed by atoms with van der Waals surface area (Å²) in [5.74, 6) is 2.58. The number of rotatable bonds is 8. The van der Waals surface area contributed by atoms with Gasteiger partial charge in [0.25, 0.3) is 0 Å². The molecule has 0 saturated carbocycles. The van der Waals surface area contributed by atoms with Crippen molar-refractivity contribution in [1.82, 2.24) is 19.7 Å². The van der Waals surface area contributed by atoms with Gasteiger partial charge in [0.15, 0.2) is 5.82 Å². The van der Waals surface area contributed by atoms with Crippen LogP contribution in [0.15, 0.2) is 30.3 Å². The van der Waals surface area contributed by atoms with Crippen LogP contribution in [0.5, 0.6) is 5.75 Å². The minimum absolute atomic E-state index is 0.190. The van der Waals surface area contributed by atoms with Gasteiger partial charge in [-0.3, -0.25) is 4.79 Å². The fourth-order valence-corrected chi connectivity index (χ4v) is 3.61. The Balaban J connectivity index is 1.71. The smallest absolute Gasteiger partial charge is 0.248 e. The maximum Gasteiger partial charge on any atom is 0.248 e. The monoisotopic (exact) mass is 386 g/mol. The van der Waals surface area contributed by atoms with E-state index in [9.17, 15) is 4.79 Å². The number of carbonyl (C=O) groups is 1. The summed E-state index contributed by atoms with van der Waals surface area (Å²) in [4.78, 5) is 18.4. The number of aromatic nitrogens is 3. The quantitative estimate of drug-likeness (QED) is 0.754. The second-order valence-corrected chi connectivity index (χ2v) is 7.23. The number of hydrogen-bond donors (Lipinski definition) is 1. The molecule has 1 unspecified atom stereocenters. The van der Waals surface area contributed by atoms with Gasteiger partial charge < -0.3 is 14.7 Å². The predicted octanol–water partition coefficient (Wildman–Crippen LogP) is 2.75. The molecule has 28 heavy (non-hydrogen) atoms. The van der Waals surface area contributed by atoms with Crippen molar-refractivity contribution in [2.45, 2.75) is 58.1 Å². The highest BCUT2D eigenvalue weighted by atomic mass is 16.5. The maximum atomic E-state index is 11.8. The molecular weight excluding hydrogens is 356 g/mol. The first-order valence-corrected chi connectivity index (χ1v) is 10.2. The summed E-state index contributed by atoms with van der Waals surface area (Å²) in [5, 5.41) is 13.8. The lowest BCUT2D eigenvalue weighted by atomic mass is 10.00. The normalized spacial score (nSPS) is 17.4. The summed E-state index contributed by atoms with van der Waals surface area (Å²) in [6.45, 7) is 4.29. The molecule has 1 aliphatic heterocycles. The topological polar surface area (TPSA) is 80.5 Å². The van der Waals surface area contributed by atoms with Gasteiger partial charge in [-0.25, -0.2) is 9.67 Å². The van der Waals surface area contributed by atoms with Crippen LogP contribution in [0, 0.1) is 0 Å². The number of carbonyl (C=O) groups excluding carboxylic acids is 1. The van der Waals surface area contributed by atoms with E-state index in [1.165, 1.54) is 0 Å². The van der Waals surface area contributed by atoms with E-state index in [0.717, 1.165) is 50.2 Å². The number of unbranched alkanes of at least 4 members (excludes halogenated alkanes) is 1. The van der Waals surface area contributed by atoms with Crippen LogP contribution in [-0.2, 0) is 17.9 Å². The zero-order valence-corrected chi connectivity index (χ0v) is 16.6. The molecule has 0 radical (unpaired) electrons. The highest BCUT2D eigenvalue weighted by Crippen LogP contribution is 2.27. The molecular formula is C21H30N4O3. The number of aliphatic hydroxyl groups excluding tert-OH is 1. The number of aliphatic hydroxyl groups is 1. The Bertz CT molecular complexity index is 747. The third-order valence-corrected chi connectivity index (χ3v) is 5.16. The van der Waals surface area contributed by atoms with E-state index in [1.54, 1.807) is 4.90 Å². The molecule has 3 rings (SSSR count). The first kappa shape index (κ1) is 20.3. The summed E-state index contributed by atoms with van der Waals surface area (Å²) in [6, 6.07) is 9.69. The molecule has 1 N–H and O–H groups in total. The lowest BCUT2D eigenvalue weighted by Crippen LogP contribution is -2.34. The summed E-state index contributed by atoms with van der Waals surface area (Å²) in [5.41, 5.74) is 0. The summed E-state index contributed by atoms with van der Waals surface area (Å²) in [7, 11) is 0. The van der Waals surface area contributed by atoms with Gasteiger partial charge >= 0.3 is 0 Å². The van der Waals surface area contributed by atoms with Crippen LogP contribution in [0.25, 0.3) is 0 Å². The molecule has 1 saturated heterocycles. The Kier molecular flexibility index (Phi) is 7.42. The second kappa shape index (κ2) is 10.2. The van der Waals surface area contributed by atoms with Gasteiger partial charge in [-0.1, -0.05) is 31.5 Å². The molecule has 7 heteroatoms. The van der Waals surface area contributed by atoms with E-state index in [0.29, 0.717) is 25.5 Å². The summed E-state index contributed by atoms with van der Waals surface area (Å²) < 4.78 is 7.85. The van der Waals surface area contributed by atoms with Gasteiger partial charge in [-0.15, -0.1) is 0 Å². The average Bonchev–Trinajstić information content (AvgIpc) is 2.98. The summed E-state index contributed by atoms with van der Waals surface area (Å²) in [6.07, 6.45) is 4.87. The lowest BCUT2D eigenvalue weighted by Gasteiger charge is -2.19. The standard InChI is InChI=1S/C21H30N4O3/c1-2-3-13-25-21(17-8-7-12-24(14-11-17)20(27)15-26)22-19(23-25)16-28-18-9-5-4-6-10-18/h4-6,9-10,17,26H,2-3,7-8,11-16H2,1H3. The number of benzene rings is 1. The Labute approximate surface area is 166 Å². The van der Waals surface area contributed by atoms with Crippen molar-refractivity contribution in [2.75, 3.05) is 19.7 Å². The third-order valence-electron chi connectivity index (χ3n) is 5.16. The molecule has 0 bridgehead atoms. The zero-order valence-electron chi connectivity index (χ0n) is 16.6. The first-order valence-electron chi connectivity index (χ1n) is 10.2. The Hall–Kier alpha value is -2.41. The molecule has 2 heterocycles. The van der Waals surface area contributed by atoms with E-state index in [4.69, 9.17) is 19.9 Å². The molecule has 1 amide bonds. The van der Waals surface area contributed by atoms with Crippen LogP contribution in [0.4, 0.5) is 0 Å². The molecule has 1 aliphatic rings. The van der Waals surface area contributed by atoms with Gasteiger partial charge in [0.2, 0.25) is 5.91 Å². The van der Waals surface area contributed by atoms with E-state index in [2.05, 4.69) is 6.92 Å². The van der Waals surface area contributed by atoms with Crippen molar-refractivity contribution < 1.29 is 14.6 Å². The van der Waals surface area contributed by atoms with Crippen LogP contribution in [-0.4, -0.2) is 50.4 Å². The van der Waals surface area contributed by atoms with Gasteiger partial charge in [0, 0.05) is 25.6 Å². The molecule has 152 valence electrons. The number of aryl methyl sites for hydroxylation is 1. The predicted molar refractivity (Wildman–Crippen MR) is 106 cm³/mol. The molecule has 2 aromatic rings. The maximum absolute atomic E-state index is 11.8. The Morgan fingerprint density at radius 2 is 2.07 bits per heavy atom. The van der Waals surface area contributed by atoms with Crippen LogP contribution >= 0.6 is 0 Å². The Morgan fingerprint density at radius 3 is 2.82 bits per heavy atom. The Morgan fingerprint density at radius 1 is 1.25 bits per heavy atom. The van der Waals surface area contributed by atoms with Gasteiger partial charge in [-0.2, -0.15) is 5.10 Å². The van der Waals surface area contributed by atoms with Crippen molar-refractivity contribution in [3.63, 3.8) is 0 Å². The molecule has 7 nitrogen and oxygen atoms in total. The highest BCUT2D eigenvalue weighted by Gasteiger charge is 2.25. The number of amides is 1. The van der Waals surface area contributed by atoms with Gasteiger partial charge in [-0.05, 0) is 37.8 Å². The fraction of sp³-hybridized carbons (Fsp3) is 0.571. The number of para-hydroxylation sites is 1. The minimum Gasteiger partial charge on any atom is -0.486 e. The SMILES string of the molecule is CCCCn1nc(COc2ccccc2)nc1C1CCCN(C(=O)CO)CC1. The van der Waals surface area contributed by atoms with Crippen molar-refractivity contribution in [1.29, 1.82) is 0 Å². The van der Waals surface area contributed by atoms with Gasteiger partial charge in [0.05, 0.1) is 0 Å². The van der Waals surface area contributed by atoms with E-state index >= 15 is 0 Å². The van der Waals surface area contributed by atoms with E-state index in [-0.39, 0.29) is 11.8 Å². The highest BCUT2D eigenvalue weighted by molar-refractivity contribution is 5.77. The average molecular weight is 386 g/mol. The minimum atomic E-state index is -0.418. The molecule has 0 spiro atoms. The van der Waals surface area contributed by atoms with E-state index < -0.39 is 6.61 Å². The van der Waals surface area contributed by atoms with E-state index in [1.807, 2.05) is 35.0 Å².